The molecule has 1 aliphatic heterocycles. The number of carbonyl (C=O) groups is 2. The number of ether oxygens (including phenoxy) is 2. The van der Waals surface area contributed by atoms with E-state index in [9.17, 15) is 27.2 Å². The summed E-state index contributed by atoms with van der Waals surface area (Å²) in [6.07, 6.45) is -4.42. The first-order valence-electron chi connectivity index (χ1n) is 9.45. The first-order valence-corrected chi connectivity index (χ1v) is 9.45. The highest BCUT2D eigenvalue weighted by Gasteiger charge is 2.46. The maximum atomic E-state index is 14.8. The lowest BCUT2D eigenvalue weighted by Crippen LogP contribution is -2.50. The number of nitrogens with zero attached hydrogens (tertiary/aromatic N) is 1. The smallest absolute Gasteiger partial charge is 0.425 e. The number of nitrogens with two attached hydrogens (primary N) is 1. The zero-order valence-corrected chi connectivity index (χ0v) is 16.5. The first kappa shape index (κ1) is 22.3. The van der Waals surface area contributed by atoms with E-state index in [0.29, 0.717) is 0 Å². The van der Waals surface area contributed by atoms with E-state index in [1.807, 2.05) is 0 Å². The van der Waals surface area contributed by atoms with Crippen LogP contribution in [0.2, 0.25) is 0 Å². The zero-order chi connectivity index (χ0) is 22.3. The summed E-state index contributed by atoms with van der Waals surface area (Å²) in [6, 6.07) is 0.976. The SMILES string of the molecule is CC(Oc1cc(C(=O)NC(C)(CC(N)=O)C2CC2)ncc1C1(F)COC1)C(F)(F)F. The highest BCUT2D eigenvalue weighted by molar-refractivity contribution is 5.93. The Morgan fingerprint density at radius 1 is 1.40 bits per heavy atom. The van der Waals surface area contributed by atoms with Gasteiger partial charge in [-0.25, -0.2) is 4.39 Å². The van der Waals surface area contributed by atoms with Gasteiger partial charge < -0.3 is 20.5 Å². The van der Waals surface area contributed by atoms with E-state index in [1.54, 1.807) is 6.92 Å². The van der Waals surface area contributed by atoms with Crippen molar-refractivity contribution in [3.05, 3.63) is 23.5 Å². The molecule has 0 spiro atoms. The van der Waals surface area contributed by atoms with E-state index in [-0.39, 0.29) is 36.8 Å². The fourth-order valence-electron chi connectivity index (χ4n) is 3.39. The van der Waals surface area contributed by atoms with Crippen molar-refractivity contribution >= 4 is 11.8 Å². The number of amides is 2. The zero-order valence-electron chi connectivity index (χ0n) is 16.5. The molecule has 1 saturated heterocycles. The van der Waals surface area contributed by atoms with Gasteiger partial charge in [0.25, 0.3) is 5.91 Å². The molecule has 1 aliphatic carbocycles. The summed E-state index contributed by atoms with van der Waals surface area (Å²) in [5.41, 5.74) is 1.85. The normalized spacial score (nSPS) is 21.1. The average Bonchev–Trinajstić information content (AvgIpc) is 3.43. The third-order valence-corrected chi connectivity index (χ3v) is 5.43. The molecule has 2 heterocycles. The molecule has 3 rings (SSSR count). The monoisotopic (exact) mass is 433 g/mol. The quantitative estimate of drug-likeness (QED) is 0.613. The lowest BCUT2D eigenvalue weighted by molar-refractivity contribution is -0.190. The summed E-state index contributed by atoms with van der Waals surface area (Å²) >= 11 is 0. The second-order valence-corrected chi connectivity index (χ2v) is 8.11. The molecule has 0 bridgehead atoms. The molecule has 1 aromatic rings. The van der Waals surface area contributed by atoms with Gasteiger partial charge in [0.05, 0.1) is 18.8 Å². The van der Waals surface area contributed by atoms with Gasteiger partial charge in [-0.1, -0.05) is 0 Å². The molecule has 2 aliphatic rings. The van der Waals surface area contributed by atoms with Gasteiger partial charge in [-0.3, -0.25) is 14.6 Å². The van der Waals surface area contributed by atoms with Crippen molar-refractivity contribution in [3.63, 3.8) is 0 Å². The number of hydrogen-bond acceptors (Lipinski definition) is 5. The Morgan fingerprint density at radius 3 is 2.50 bits per heavy atom. The third kappa shape index (κ3) is 4.66. The maximum Gasteiger partial charge on any atom is 0.425 e. The lowest BCUT2D eigenvalue weighted by atomic mass is 9.90. The number of pyridine rings is 1. The molecular weight excluding hydrogens is 410 g/mol. The van der Waals surface area contributed by atoms with Crippen LogP contribution in [0.25, 0.3) is 0 Å². The van der Waals surface area contributed by atoms with Crippen LogP contribution in [0, 0.1) is 5.92 Å². The van der Waals surface area contributed by atoms with Gasteiger partial charge in [-0.15, -0.1) is 0 Å². The van der Waals surface area contributed by atoms with Crippen LogP contribution in [0.4, 0.5) is 17.6 Å². The van der Waals surface area contributed by atoms with E-state index >= 15 is 0 Å². The van der Waals surface area contributed by atoms with Crippen LogP contribution in [0.1, 0.15) is 49.2 Å². The van der Waals surface area contributed by atoms with E-state index in [1.165, 1.54) is 0 Å². The molecule has 2 amide bonds. The molecule has 0 aromatic carbocycles. The fourth-order valence-corrected chi connectivity index (χ4v) is 3.39. The molecule has 7 nitrogen and oxygen atoms in total. The molecule has 30 heavy (non-hydrogen) atoms. The Labute approximate surface area is 170 Å². The van der Waals surface area contributed by atoms with Crippen molar-refractivity contribution in [2.75, 3.05) is 13.2 Å². The number of hydrogen-bond donors (Lipinski definition) is 2. The first-order chi connectivity index (χ1) is 13.8. The Kier molecular flexibility index (Phi) is 5.70. The van der Waals surface area contributed by atoms with E-state index in [0.717, 1.165) is 32.0 Å². The molecule has 2 fully saturated rings. The van der Waals surface area contributed by atoms with Crippen molar-refractivity contribution in [1.82, 2.24) is 10.3 Å². The minimum atomic E-state index is -4.69. The highest BCUT2D eigenvalue weighted by atomic mass is 19.4. The maximum absolute atomic E-state index is 14.8. The van der Waals surface area contributed by atoms with E-state index in [4.69, 9.17) is 15.2 Å². The van der Waals surface area contributed by atoms with Gasteiger partial charge >= 0.3 is 6.18 Å². The lowest BCUT2D eigenvalue weighted by Gasteiger charge is -2.35. The van der Waals surface area contributed by atoms with Crippen molar-refractivity contribution in [2.24, 2.45) is 11.7 Å². The third-order valence-electron chi connectivity index (χ3n) is 5.43. The van der Waals surface area contributed by atoms with Crippen LogP contribution in [0.15, 0.2) is 12.3 Å². The second-order valence-electron chi connectivity index (χ2n) is 8.11. The van der Waals surface area contributed by atoms with Gasteiger partial charge in [0.1, 0.15) is 11.4 Å². The number of aromatic nitrogens is 1. The Bertz CT molecular complexity index is 840. The van der Waals surface area contributed by atoms with Crippen molar-refractivity contribution in [3.8, 4) is 5.75 Å². The largest absolute Gasteiger partial charge is 0.481 e. The fraction of sp³-hybridized carbons (Fsp3) is 0.632. The van der Waals surface area contributed by atoms with Gasteiger partial charge in [0.2, 0.25) is 5.91 Å². The van der Waals surface area contributed by atoms with E-state index < -0.39 is 41.1 Å². The molecular formula is C19H23F4N3O4. The number of rotatable bonds is 8. The van der Waals surface area contributed by atoms with Crippen molar-refractivity contribution < 1.29 is 36.6 Å². The Hall–Kier alpha value is -2.43. The summed E-state index contributed by atoms with van der Waals surface area (Å²) in [7, 11) is 0. The minimum absolute atomic E-state index is 0.0513. The molecule has 1 aromatic heterocycles. The Morgan fingerprint density at radius 2 is 2.03 bits per heavy atom. The highest BCUT2D eigenvalue weighted by Crippen LogP contribution is 2.42. The van der Waals surface area contributed by atoms with Crippen molar-refractivity contribution in [2.45, 2.75) is 56.6 Å². The van der Waals surface area contributed by atoms with Crippen molar-refractivity contribution in [1.29, 1.82) is 0 Å². The molecule has 0 radical (unpaired) electrons. The van der Waals surface area contributed by atoms with Crippen LogP contribution in [0.3, 0.4) is 0 Å². The number of primary amides is 1. The van der Waals surface area contributed by atoms with Crippen LogP contribution < -0.4 is 15.8 Å². The Balaban J connectivity index is 1.88. The molecule has 2 atom stereocenters. The molecule has 2 unspecified atom stereocenters. The minimum Gasteiger partial charge on any atom is -0.481 e. The number of carbonyl (C=O) groups excluding carboxylic acids is 2. The summed E-state index contributed by atoms with van der Waals surface area (Å²) in [4.78, 5) is 28.1. The van der Waals surface area contributed by atoms with Gasteiger partial charge in [0.15, 0.2) is 11.8 Å². The van der Waals surface area contributed by atoms with E-state index in [2.05, 4.69) is 10.3 Å². The van der Waals surface area contributed by atoms with Crippen LogP contribution in [0.5, 0.6) is 5.75 Å². The topological polar surface area (TPSA) is 104 Å². The number of alkyl halides is 4. The predicted octanol–water partition coefficient (Wildman–Crippen LogP) is 2.38. The summed E-state index contributed by atoms with van der Waals surface area (Å²) < 4.78 is 63.5. The average molecular weight is 433 g/mol. The summed E-state index contributed by atoms with van der Waals surface area (Å²) in [6.45, 7) is 1.75. The molecule has 3 N–H and O–H groups in total. The van der Waals surface area contributed by atoms with Gasteiger partial charge in [-0.05, 0) is 32.6 Å². The molecule has 1 saturated carbocycles. The summed E-state index contributed by atoms with van der Waals surface area (Å²) in [5.74, 6) is -1.70. The summed E-state index contributed by atoms with van der Waals surface area (Å²) in [5, 5.41) is 2.70. The molecule has 166 valence electrons. The van der Waals surface area contributed by atoms with Crippen LogP contribution >= 0.6 is 0 Å². The molecule has 11 heteroatoms. The van der Waals surface area contributed by atoms with Crippen LogP contribution in [-0.4, -0.2) is 47.8 Å². The predicted molar refractivity (Wildman–Crippen MR) is 96.4 cm³/mol. The van der Waals surface area contributed by atoms with Gasteiger partial charge in [-0.2, -0.15) is 13.2 Å². The number of nitrogens with one attached hydrogen (secondary N) is 1. The van der Waals surface area contributed by atoms with Gasteiger partial charge in [0, 0.05) is 24.2 Å². The second kappa shape index (κ2) is 7.68. The standard InChI is InChI=1S/C19H23F4N3O4/c1-10(19(21,22)23)30-14-5-13(25-7-12(14)18(20)8-29-9-18)16(28)26-17(2,6-15(24)27)11-3-4-11/h5,7,10-11H,3-4,6,8-9H2,1-2H3,(H2,24,27)(H,26,28). The van der Waals surface area contributed by atoms with Crippen LogP contribution in [-0.2, 0) is 15.2 Å². The number of halogens is 4.